The van der Waals surface area contributed by atoms with Crippen molar-refractivity contribution in [3.8, 4) is 0 Å². The molecule has 12 heavy (non-hydrogen) atoms. The van der Waals surface area contributed by atoms with Crippen LogP contribution in [0, 0.1) is 0 Å². The van der Waals surface area contributed by atoms with Gasteiger partial charge < -0.3 is 15.3 Å². The molecule has 0 bridgehead atoms. The highest BCUT2D eigenvalue weighted by Gasteiger charge is 2.27. The van der Waals surface area contributed by atoms with Gasteiger partial charge in [-0.3, -0.25) is 4.79 Å². The van der Waals surface area contributed by atoms with Gasteiger partial charge in [-0.15, -0.1) is 11.8 Å². The molecule has 1 unspecified atom stereocenters. The molecule has 0 aliphatic carbocycles. The molecule has 1 rings (SSSR count). The molecule has 1 heterocycles. The van der Waals surface area contributed by atoms with Crippen LogP contribution in [-0.2, 0) is 4.79 Å². The fourth-order valence-corrected chi connectivity index (χ4v) is 2.38. The third-order valence-electron chi connectivity index (χ3n) is 1.84. The number of carbonyl (C=O) groups is 1. The highest BCUT2D eigenvalue weighted by atomic mass is 32.2. The van der Waals surface area contributed by atoms with Crippen molar-refractivity contribution in [1.29, 1.82) is 0 Å². The van der Waals surface area contributed by atoms with Gasteiger partial charge in [0.15, 0.2) is 0 Å². The monoisotopic (exact) mass is 190 g/mol. The number of hydrogen-bond acceptors (Lipinski definition) is 4. The van der Waals surface area contributed by atoms with Crippen molar-refractivity contribution in [1.82, 2.24) is 10.2 Å². The number of aliphatic hydroxyl groups excluding tert-OH is 1. The highest BCUT2D eigenvalue weighted by Crippen LogP contribution is 2.19. The summed E-state index contributed by atoms with van der Waals surface area (Å²) in [6.07, 6.45) is 0. The lowest BCUT2D eigenvalue weighted by atomic mass is 10.3. The van der Waals surface area contributed by atoms with Gasteiger partial charge in [-0.1, -0.05) is 0 Å². The molecule has 1 aliphatic rings. The zero-order valence-corrected chi connectivity index (χ0v) is 7.93. The van der Waals surface area contributed by atoms with Crippen LogP contribution in [0.3, 0.4) is 0 Å². The standard InChI is InChI=1S/C7H14N2O2S/c1-8-2-7(11)9-5-12-4-6(9)3-10/h6,8,10H,2-5H2,1H3. The quantitative estimate of drug-likeness (QED) is 0.605. The number of nitrogens with one attached hydrogen (secondary N) is 1. The van der Waals surface area contributed by atoms with E-state index < -0.39 is 0 Å². The largest absolute Gasteiger partial charge is 0.394 e. The van der Waals surface area contributed by atoms with E-state index in [1.54, 1.807) is 23.7 Å². The van der Waals surface area contributed by atoms with E-state index in [9.17, 15) is 4.79 Å². The third kappa shape index (κ3) is 2.12. The first kappa shape index (κ1) is 9.83. The van der Waals surface area contributed by atoms with Gasteiger partial charge in [-0.2, -0.15) is 0 Å². The number of amides is 1. The molecule has 70 valence electrons. The summed E-state index contributed by atoms with van der Waals surface area (Å²) < 4.78 is 0. The Morgan fingerprint density at radius 2 is 2.58 bits per heavy atom. The number of rotatable bonds is 3. The summed E-state index contributed by atoms with van der Waals surface area (Å²) in [4.78, 5) is 13.1. The predicted octanol–water partition coefficient (Wildman–Crippen LogP) is -0.900. The lowest BCUT2D eigenvalue weighted by molar-refractivity contribution is -0.131. The molecule has 5 heteroatoms. The molecule has 4 nitrogen and oxygen atoms in total. The number of nitrogens with zero attached hydrogens (tertiary/aromatic N) is 1. The Hall–Kier alpha value is -0.260. The Labute approximate surface area is 76.3 Å². The number of likely N-dealkylation sites (N-methyl/N-ethyl adjacent to an activating group) is 1. The molecule has 1 aliphatic heterocycles. The zero-order valence-electron chi connectivity index (χ0n) is 7.12. The van der Waals surface area contributed by atoms with Crippen LogP contribution in [0.5, 0.6) is 0 Å². The number of carbonyl (C=O) groups excluding carboxylic acids is 1. The van der Waals surface area contributed by atoms with E-state index in [1.807, 2.05) is 0 Å². The lowest BCUT2D eigenvalue weighted by Gasteiger charge is -2.21. The molecule has 0 aromatic heterocycles. The van der Waals surface area contributed by atoms with Crippen molar-refractivity contribution in [2.45, 2.75) is 6.04 Å². The van der Waals surface area contributed by atoms with Gasteiger partial charge in [0.2, 0.25) is 5.91 Å². The van der Waals surface area contributed by atoms with Crippen LogP contribution >= 0.6 is 11.8 Å². The highest BCUT2D eigenvalue weighted by molar-refractivity contribution is 7.99. The van der Waals surface area contributed by atoms with Crippen molar-refractivity contribution in [3.05, 3.63) is 0 Å². The smallest absolute Gasteiger partial charge is 0.237 e. The minimum absolute atomic E-state index is 0.0239. The lowest BCUT2D eigenvalue weighted by Crippen LogP contribution is -2.42. The van der Waals surface area contributed by atoms with Gasteiger partial charge in [0.05, 0.1) is 25.1 Å². The van der Waals surface area contributed by atoms with E-state index in [-0.39, 0.29) is 18.6 Å². The molecule has 0 aromatic rings. The van der Waals surface area contributed by atoms with Crippen molar-refractivity contribution in [2.75, 3.05) is 31.8 Å². The second kappa shape index (κ2) is 4.69. The van der Waals surface area contributed by atoms with Crippen LogP contribution in [0.25, 0.3) is 0 Å². The summed E-state index contributed by atoms with van der Waals surface area (Å²) in [5.41, 5.74) is 0. The van der Waals surface area contributed by atoms with Crippen LogP contribution in [0.2, 0.25) is 0 Å². The summed E-state index contributed by atoms with van der Waals surface area (Å²) in [5.74, 6) is 1.64. The number of hydrogen-bond donors (Lipinski definition) is 2. The molecular formula is C7H14N2O2S. The summed E-state index contributed by atoms with van der Waals surface area (Å²) in [7, 11) is 1.75. The molecular weight excluding hydrogens is 176 g/mol. The summed E-state index contributed by atoms with van der Waals surface area (Å²) in [6, 6.07) is 0.0239. The summed E-state index contributed by atoms with van der Waals surface area (Å²) in [6.45, 7) is 0.430. The Bertz CT molecular complexity index is 165. The minimum Gasteiger partial charge on any atom is -0.394 e. The number of aliphatic hydroxyl groups is 1. The van der Waals surface area contributed by atoms with Crippen molar-refractivity contribution in [3.63, 3.8) is 0 Å². The molecule has 0 aromatic carbocycles. The van der Waals surface area contributed by atoms with Crippen LogP contribution in [0.1, 0.15) is 0 Å². The maximum Gasteiger partial charge on any atom is 0.237 e. The molecule has 0 spiro atoms. The predicted molar refractivity (Wildman–Crippen MR) is 49.0 cm³/mol. The maximum absolute atomic E-state index is 11.4. The van der Waals surface area contributed by atoms with Gasteiger partial charge in [0.1, 0.15) is 0 Å². The van der Waals surface area contributed by atoms with Crippen molar-refractivity contribution in [2.24, 2.45) is 0 Å². The van der Waals surface area contributed by atoms with Gasteiger partial charge in [-0.25, -0.2) is 0 Å². The van der Waals surface area contributed by atoms with Gasteiger partial charge >= 0.3 is 0 Å². The Morgan fingerprint density at radius 1 is 1.83 bits per heavy atom. The number of thioether (sulfide) groups is 1. The van der Waals surface area contributed by atoms with Gasteiger partial charge in [0.25, 0.3) is 0 Å². The fraction of sp³-hybridized carbons (Fsp3) is 0.857. The van der Waals surface area contributed by atoms with Crippen molar-refractivity contribution < 1.29 is 9.90 Å². The molecule has 1 amide bonds. The summed E-state index contributed by atoms with van der Waals surface area (Å²) in [5, 5.41) is 11.7. The van der Waals surface area contributed by atoms with E-state index in [1.165, 1.54) is 0 Å². The third-order valence-corrected chi connectivity index (χ3v) is 2.92. The van der Waals surface area contributed by atoms with Crippen LogP contribution in [0.15, 0.2) is 0 Å². The second-order valence-electron chi connectivity index (χ2n) is 2.73. The first-order valence-corrected chi connectivity index (χ1v) is 5.07. The van der Waals surface area contributed by atoms with E-state index in [4.69, 9.17) is 5.11 Å². The van der Waals surface area contributed by atoms with E-state index in [0.29, 0.717) is 12.4 Å². The van der Waals surface area contributed by atoms with E-state index in [0.717, 1.165) is 5.75 Å². The Kier molecular flexibility index (Phi) is 3.84. The SMILES string of the molecule is CNCC(=O)N1CSCC1CO. The van der Waals surface area contributed by atoms with E-state index in [2.05, 4.69) is 5.32 Å². The molecule has 2 N–H and O–H groups in total. The topological polar surface area (TPSA) is 52.6 Å². The fourth-order valence-electron chi connectivity index (χ4n) is 1.16. The van der Waals surface area contributed by atoms with Crippen LogP contribution in [-0.4, -0.2) is 53.8 Å². The average molecular weight is 190 g/mol. The summed E-state index contributed by atoms with van der Waals surface area (Å²) >= 11 is 1.69. The molecule has 0 saturated carbocycles. The zero-order chi connectivity index (χ0) is 8.97. The molecule has 1 saturated heterocycles. The molecule has 0 radical (unpaired) electrons. The first-order chi connectivity index (χ1) is 5.79. The molecule has 1 atom stereocenters. The van der Waals surface area contributed by atoms with Gasteiger partial charge in [-0.05, 0) is 7.05 Å². The Balaban J connectivity index is 2.43. The average Bonchev–Trinajstić information content (AvgIpc) is 2.51. The first-order valence-electron chi connectivity index (χ1n) is 3.92. The van der Waals surface area contributed by atoms with Crippen molar-refractivity contribution >= 4 is 17.7 Å². The van der Waals surface area contributed by atoms with E-state index >= 15 is 0 Å². The normalized spacial score (nSPS) is 23.2. The maximum atomic E-state index is 11.4. The van der Waals surface area contributed by atoms with Crippen LogP contribution in [0.4, 0.5) is 0 Å². The van der Waals surface area contributed by atoms with Gasteiger partial charge in [0, 0.05) is 5.75 Å². The second-order valence-corrected chi connectivity index (χ2v) is 3.73. The molecule has 1 fully saturated rings. The minimum atomic E-state index is 0.0239. The van der Waals surface area contributed by atoms with Crippen LogP contribution < -0.4 is 5.32 Å². The Morgan fingerprint density at radius 3 is 3.17 bits per heavy atom.